The van der Waals surface area contributed by atoms with Crippen LogP contribution in [-0.4, -0.2) is 9.55 Å². The van der Waals surface area contributed by atoms with Crippen molar-refractivity contribution in [3.8, 4) is 0 Å². The summed E-state index contributed by atoms with van der Waals surface area (Å²) in [5.41, 5.74) is 7.40. The molecule has 102 valence electrons. The number of anilines is 1. The fourth-order valence-electron chi connectivity index (χ4n) is 3.19. The van der Waals surface area contributed by atoms with Crippen molar-refractivity contribution >= 4 is 28.6 Å². The number of benzene rings is 1. The zero-order valence-electron chi connectivity index (χ0n) is 10.9. The van der Waals surface area contributed by atoms with E-state index in [4.69, 9.17) is 17.3 Å². The summed E-state index contributed by atoms with van der Waals surface area (Å²) in [6.07, 6.45) is 4.94. The Kier molecular flexibility index (Phi) is 3.13. The zero-order valence-corrected chi connectivity index (χ0v) is 11.6. The van der Waals surface area contributed by atoms with E-state index in [9.17, 15) is 4.39 Å². The molecule has 2 aromatic rings. The number of fused-ring (bicyclic) bond motifs is 1. The van der Waals surface area contributed by atoms with E-state index in [0.717, 1.165) is 5.52 Å². The van der Waals surface area contributed by atoms with Crippen LogP contribution in [0, 0.1) is 11.7 Å². The van der Waals surface area contributed by atoms with E-state index >= 15 is 0 Å². The Morgan fingerprint density at radius 2 is 2.11 bits per heavy atom. The first kappa shape index (κ1) is 12.7. The van der Waals surface area contributed by atoms with Gasteiger partial charge in [-0.1, -0.05) is 24.4 Å². The number of nitrogens with two attached hydrogens (primary N) is 1. The van der Waals surface area contributed by atoms with Crippen LogP contribution in [0.5, 0.6) is 0 Å². The second-order valence-corrected chi connectivity index (χ2v) is 5.79. The Labute approximate surface area is 116 Å². The summed E-state index contributed by atoms with van der Waals surface area (Å²) in [5, 5.41) is 0.0886. The van der Waals surface area contributed by atoms with Gasteiger partial charge in [0.1, 0.15) is 5.82 Å². The fraction of sp³-hybridized carbons (Fsp3) is 0.500. The Bertz CT molecular complexity index is 617. The number of halogens is 2. The molecule has 3 nitrogen and oxygen atoms in total. The van der Waals surface area contributed by atoms with E-state index in [2.05, 4.69) is 11.9 Å². The summed E-state index contributed by atoms with van der Waals surface area (Å²) in [5.74, 6) is 0.614. The molecule has 0 saturated heterocycles. The normalized spacial score (nSPS) is 18.3. The summed E-state index contributed by atoms with van der Waals surface area (Å²) in [6.45, 7) is 2.14. The molecule has 3 rings (SSSR count). The highest BCUT2D eigenvalue weighted by Crippen LogP contribution is 2.37. The minimum absolute atomic E-state index is 0.0886. The summed E-state index contributed by atoms with van der Waals surface area (Å²) in [6, 6.07) is 3.22. The molecule has 1 fully saturated rings. The lowest BCUT2D eigenvalue weighted by Gasteiger charge is -2.22. The Morgan fingerprint density at radius 1 is 1.42 bits per heavy atom. The standard InChI is InChI=1S/C14H17ClFN3/c1-8(9-4-2-3-5-9)19-13-7-11(16)10(15)6-12(13)18-14(19)17/h6-9H,2-5H2,1H3,(H2,17,18). The van der Waals surface area contributed by atoms with Crippen LogP contribution < -0.4 is 5.73 Å². The van der Waals surface area contributed by atoms with Gasteiger partial charge in [0.15, 0.2) is 0 Å². The number of nitrogens with zero attached hydrogens (tertiary/aromatic N) is 2. The van der Waals surface area contributed by atoms with Gasteiger partial charge in [-0.2, -0.15) is 0 Å². The van der Waals surface area contributed by atoms with Gasteiger partial charge < -0.3 is 10.3 Å². The molecule has 1 aromatic heterocycles. The molecule has 0 bridgehead atoms. The lowest BCUT2D eigenvalue weighted by molar-refractivity contribution is 0.371. The van der Waals surface area contributed by atoms with Gasteiger partial charge in [0.2, 0.25) is 5.95 Å². The molecular weight excluding hydrogens is 265 g/mol. The lowest BCUT2D eigenvalue weighted by atomic mass is 9.99. The smallest absolute Gasteiger partial charge is 0.201 e. The summed E-state index contributed by atoms with van der Waals surface area (Å²) in [4.78, 5) is 4.30. The van der Waals surface area contributed by atoms with Crippen molar-refractivity contribution in [3.05, 3.63) is 23.0 Å². The van der Waals surface area contributed by atoms with Gasteiger partial charge in [0.05, 0.1) is 16.1 Å². The van der Waals surface area contributed by atoms with Gasteiger partial charge in [-0.05, 0) is 31.7 Å². The van der Waals surface area contributed by atoms with Crippen LogP contribution in [0.15, 0.2) is 12.1 Å². The van der Waals surface area contributed by atoms with Gasteiger partial charge in [-0.15, -0.1) is 0 Å². The Morgan fingerprint density at radius 3 is 2.79 bits per heavy atom. The van der Waals surface area contributed by atoms with Crippen molar-refractivity contribution in [2.24, 2.45) is 5.92 Å². The molecule has 5 heteroatoms. The average molecular weight is 282 g/mol. The highest BCUT2D eigenvalue weighted by atomic mass is 35.5. The molecule has 1 aliphatic rings. The third-order valence-electron chi connectivity index (χ3n) is 4.25. The first-order valence-electron chi connectivity index (χ1n) is 6.70. The Balaban J connectivity index is 2.11. The third kappa shape index (κ3) is 2.08. The number of aromatic nitrogens is 2. The van der Waals surface area contributed by atoms with Crippen LogP contribution >= 0.6 is 11.6 Å². The first-order valence-corrected chi connectivity index (χ1v) is 7.08. The SMILES string of the molecule is CC(C1CCCC1)n1c(N)nc2cc(Cl)c(F)cc21. The third-order valence-corrected chi connectivity index (χ3v) is 4.54. The monoisotopic (exact) mass is 281 g/mol. The van der Waals surface area contributed by atoms with Gasteiger partial charge in [0.25, 0.3) is 0 Å². The minimum Gasteiger partial charge on any atom is -0.369 e. The maximum Gasteiger partial charge on any atom is 0.201 e. The minimum atomic E-state index is -0.422. The van der Waals surface area contributed by atoms with Crippen molar-refractivity contribution in [2.75, 3.05) is 5.73 Å². The van der Waals surface area contributed by atoms with Gasteiger partial charge >= 0.3 is 0 Å². The molecule has 1 aliphatic carbocycles. The van der Waals surface area contributed by atoms with Crippen molar-refractivity contribution < 1.29 is 4.39 Å². The number of nitrogen functional groups attached to an aromatic ring is 1. The second-order valence-electron chi connectivity index (χ2n) is 5.38. The molecule has 2 N–H and O–H groups in total. The molecule has 1 heterocycles. The van der Waals surface area contributed by atoms with E-state index in [1.165, 1.54) is 31.7 Å². The summed E-state index contributed by atoms with van der Waals surface area (Å²) >= 11 is 5.79. The molecular formula is C14H17ClFN3. The quantitative estimate of drug-likeness (QED) is 0.898. The molecule has 0 spiro atoms. The van der Waals surface area contributed by atoms with Crippen LogP contribution in [0.3, 0.4) is 0 Å². The van der Waals surface area contributed by atoms with E-state index in [0.29, 0.717) is 17.4 Å². The van der Waals surface area contributed by atoms with Crippen LogP contribution in [-0.2, 0) is 0 Å². The summed E-state index contributed by atoms with van der Waals surface area (Å²) < 4.78 is 15.6. The molecule has 0 amide bonds. The number of imidazole rings is 1. The predicted octanol–water partition coefficient (Wildman–Crippen LogP) is 4.16. The van der Waals surface area contributed by atoms with Gasteiger partial charge in [-0.3, -0.25) is 0 Å². The predicted molar refractivity (Wildman–Crippen MR) is 75.8 cm³/mol. The lowest BCUT2D eigenvalue weighted by Crippen LogP contribution is -2.16. The fourth-order valence-corrected chi connectivity index (χ4v) is 3.35. The van der Waals surface area contributed by atoms with Crippen molar-refractivity contribution in [2.45, 2.75) is 38.6 Å². The van der Waals surface area contributed by atoms with Crippen LogP contribution in [0.1, 0.15) is 38.6 Å². The van der Waals surface area contributed by atoms with E-state index in [1.54, 1.807) is 6.07 Å². The summed E-state index contributed by atoms with van der Waals surface area (Å²) in [7, 11) is 0. The molecule has 19 heavy (non-hydrogen) atoms. The topological polar surface area (TPSA) is 43.8 Å². The van der Waals surface area contributed by atoms with Crippen LogP contribution in [0.25, 0.3) is 11.0 Å². The van der Waals surface area contributed by atoms with Crippen molar-refractivity contribution in [1.29, 1.82) is 0 Å². The molecule has 1 aromatic carbocycles. The number of rotatable bonds is 2. The van der Waals surface area contributed by atoms with E-state index in [1.807, 2.05) is 4.57 Å². The maximum absolute atomic E-state index is 13.7. The molecule has 0 aliphatic heterocycles. The number of hydrogen-bond acceptors (Lipinski definition) is 2. The zero-order chi connectivity index (χ0) is 13.6. The van der Waals surface area contributed by atoms with Crippen LogP contribution in [0.4, 0.5) is 10.3 Å². The molecule has 1 saturated carbocycles. The van der Waals surface area contributed by atoms with E-state index in [-0.39, 0.29) is 11.1 Å². The van der Waals surface area contributed by atoms with E-state index < -0.39 is 5.82 Å². The second kappa shape index (κ2) is 4.67. The van der Waals surface area contributed by atoms with Crippen molar-refractivity contribution in [3.63, 3.8) is 0 Å². The first-order chi connectivity index (χ1) is 9.08. The molecule has 1 atom stereocenters. The Hall–Kier alpha value is -1.29. The average Bonchev–Trinajstić information content (AvgIpc) is 2.97. The van der Waals surface area contributed by atoms with Crippen molar-refractivity contribution in [1.82, 2.24) is 9.55 Å². The molecule has 0 radical (unpaired) electrons. The van der Waals surface area contributed by atoms with Gasteiger partial charge in [-0.25, -0.2) is 9.37 Å². The van der Waals surface area contributed by atoms with Crippen LogP contribution in [0.2, 0.25) is 5.02 Å². The molecule has 1 unspecified atom stereocenters. The number of hydrogen-bond donors (Lipinski definition) is 1. The maximum atomic E-state index is 13.7. The largest absolute Gasteiger partial charge is 0.369 e. The van der Waals surface area contributed by atoms with Gasteiger partial charge in [0, 0.05) is 12.1 Å². The highest BCUT2D eigenvalue weighted by molar-refractivity contribution is 6.31. The highest BCUT2D eigenvalue weighted by Gasteiger charge is 2.26.